The van der Waals surface area contributed by atoms with Crippen LogP contribution in [0.1, 0.15) is 45.6 Å². The van der Waals surface area contributed by atoms with Crippen molar-refractivity contribution in [2.24, 2.45) is 0 Å². The van der Waals surface area contributed by atoms with Gasteiger partial charge in [-0.1, -0.05) is 36.4 Å². The number of fused-ring (bicyclic) bond motifs is 1. The first-order valence-corrected chi connectivity index (χ1v) is 10.7. The van der Waals surface area contributed by atoms with Crippen molar-refractivity contribution in [3.8, 4) is 0 Å². The number of rotatable bonds is 9. The number of benzene rings is 1. The molecule has 2 unspecified atom stereocenters. The molecule has 0 radical (unpaired) electrons. The van der Waals surface area contributed by atoms with Gasteiger partial charge in [-0.2, -0.15) is 5.10 Å². The summed E-state index contributed by atoms with van der Waals surface area (Å²) in [4.78, 5) is 40.5. The van der Waals surface area contributed by atoms with Crippen LogP contribution in [0.5, 0.6) is 0 Å². The van der Waals surface area contributed by atoms with Gasteiger partial charge < -0.3 is 14.9 Å². The minimum Gasteiger partial charge on any atom is -0.481 e. The van der Waals surface area contributed by atoms with Gasteiger partial charge in [-0.3, -0.25) is 19.5 Å². The summed E-state index contributed by atoms with van der Waals surface area (Å²) in [6.45, 7) is 9.51. The highest BCUT2D eigenvalue weighted by Crippen LogP contribution is 2.41. The number of aromatic nitrogens is 2. The Kier molecular flexibility index (Phi) is 6.81. The number of aliphatic carboxylic acids is 1. The number of aromatic amines is 1. The number of amides is 2. The normalized spacial score (nSPS) is 20.7. The lowest BCUT2D eigenvalue weighted by Crippen LogP contribution is -2.72. The molecule has 8 heteroatoms. The first-order chi connectivity index (χ1) is 15.2. The van der Waals surface area contributed by atoms with E-state index in [0.717, 1.165) is 22.0 Å². The van der Waals surface area contributed by atoms with E-state index in [1.54, 1.807) is 29.0 Å². The topological polar surface area (TPSA) is 107 Å². The highest BCUT2D eigenvalue weighted by Gasteiger charge is 2.56. The number of carbonyl (C=O) groups is 3. The Morgan fingerprint density at radius 3 is 2.78 bits per heavy atom. The van der Waals surface area contributed by atoms with Crippen LogP contribution in [0, 0.1) is 0 Å². The molecule has 32 heavy (non-hydrogen) atoms. The van der Waals surface area contributed by atoms with Crippen LogP contribution in [-0.4, -0.2) is 61.0 Å². The molecule has 1 aromatic heterocycles. The minimum absolute atomic E-state index is 0.0275. The predicted molar refractivity (Wildman–Crippen MR) is 122 cm³/mol. The van der Waals surface area contributed by atoms with Crippen LogP contribution in [0.2, 0.25) is 0 Å². The molecule has 0 spiro atoms. The summed E-state index contributed by atoms with van der Waals surface area (Å²) in [6.07, 6.45) is 6.08. The molecule has 1 aliphatic rings. The van der Waals surface area contributed by atoms with Crippen LogP contribution in [0.15, 0.2) is 48.7 Å². The van der Waals surface area contributed by atoms with Gasteiger partial charge in [-0.05, 0) is 31.9 Å². The smallest absolute Gasteiger partial charge is 0.303 e. The second kappa shape index (κ2) is 9.38. The van der Waals surface area contributed by atoms with Crippen molar-refractivity contribution in [2.45, 2.75) is 58.2 Å². The van der Waals surface area contributed by atoms with Gasteiger partial charge >= 0.3 is 5.97 Å². The van der Waals surface area contributed by atoms with E-state index in [1.165, 1.54) is 6.92 Å². The Morgan fingerprint density at radius 2 is 2.12 bits per heavy atom. The molecule has 8 nitrogen and oxygen atoms in total. The number of nitrogens with zero attached hydrogens (tertiary/aromatic N) is 3. The van der Waals surface area contributed by atoms with E-state index in [9.17, 15) is 14.4 Å². The van der Waals surface area contributed by atoms with Crippen LogP contribution in [0.25, 0.3) is 10.9 Å². The van der Waals surface area contributed by atoms with E-state index in [1.807, 2.05) is 31.2 Å². The fraction of sp³-hybridized carbons (Fsp3) is 0.417. The third-order valence-corrected chi connectivity index (χ3v) is 6.13. The lowest BCUT2D eigenvalue weighted by Gasteiger charge is -2.56. The van der Waals surface area contributed by atoms with E-state index >= 15 is 0 Å². The summed E-state index contributed by atoms with van der Waals surface area (Å²) in [5.41, 5.74) is 1.77. The molecule has 1 fully saturated rings. The zero-order chi connectivity index (χ0) is 23.5. The molecule has 1 aliphatic heterocycles. The van der Waals surface area contributed by atoms with Gasteiger partial charge in [0.1, 0.15) is 5.54 Å². The lowest BCUT2D eigenvalue weighted by atomic mass is 9.75. The predicted octanol–water partition coefficient (Wildman–Crippen LogP) is 3.27. The molecule has 2 atom stereocenters. The van der Waals surface area contributed by atoms with Crippen molar-refractivity contribution in [1.29, 1.82) is 0 Å². The maximum atomic E-state index is 13.7. The molecule has 0 aliphatic carbocycles. The highest BCUT2D eigenvalue weighted by atomic mass is 16.4. The summed E-state index contributed by atoms with van der Waals surface area (Å²) in [5.74, 6) is -1.24. The number of carboxylic acids is 1. The second-order valence-corrected chi connectivity index (χ2v) is 8.54. The number of hydrogen-bond donors (Lipinski definition) is 2. The largest absolute Gasteiger partial charge is 0.481 e. The first kappa shape index (κ1) is 23.2. The Morgan fingerprint density at radius 1 is 1.38 bits per heavy atom. The number of allylic oxidation sites excluding steroid dienone is 2. The average Bonchev–Trinajstić information content (AvgIpc) is 3.17. The lowest BCUT2D eigenvalue weighted by molar-refractivity contribution is -0.169. The van der Waals surface area contributed by atoms with Crippen molar-refractivity contribution < 1.29 is 19.5 Å². The number of hydrogen-bond acceptors (Lipinski definition) is 4. The van der Waals surface area contributed by atoms with Gasteiger partial charge in [0.15, 0.2) is 0 Å². The zero-order valence-electron chi connectivity index (χ0n) is 18.8. The summed E-state index contributed by atoms with van der Waals surface area (Å²) in [5, 5.41) is 17.0. The maximum Gasteiger partial charge on any atom is 0.303 e. The van der Waals surface area contributed by atoms with Gasteiger partial charge in [0.25, 0.3) is 0 Å². The number of carboxylic acid groups (broad SMARTS) is 1. The van der Waals surface area contributed by atoms with E-state index in [-0.39, 0.29) is 24.3 Å². The molecule has 2 N–H and O–H groups in total. The molecular formula is C24H30N4O4. The summed E-state index contributed by atoms with van der Waals surface area (Å²) >= 11 is 0. The molecule has 170 valence electrons. The van der Waals surface area contributed by atoms with E-state index in [2.05, 4.69) is 16.8 Å². The van der Waals surface area contributed by atoms with Crippen LogP contribution in [-0.2, 0) is 20.9 Å². The number of H-pyrrole nitrogens is 1. The first-order valence-electron chi connectivity index (χ1n) is 10.7. The number of carbonyl (C=O) groups excluding carboxylic acids is 2. The molecule has 2 aromatic rings. The Labute approximate surface area is 187 Å². The second-order valence-electron chi connectivity index (χ2n) is 8.54. The molecular weight excluding hydrogens is 408 g/mol. The van der Waals surface area contributed by atoms with Crippen molar-refractivity contribution in [2.75, 3.05) is 6.54 Å². The minimum atomic E-state index is -0.978. The van der Waals surface area contributed by atoms with Gasteiger partial charge in [-0.15, -0.1) is 0 Å². The van der Waals surface area contributed by atoms with Crippen LogP contribution in [0.3, 0.4) is 0 Å². The van der Waals surface area contributed by atoms with Crippen LogP contribution in [0.4, 0.5) is 0 Å². The van der Waals surface area contributed by atoms with Crippen molar-refractivity contribution in [3.63, 3.8) is 0 Å². The molecule has 1 aromatic carbocycles. The van der Waals surface area contributed by atoms with E-state index in [4.69, 9.17) is 5.11 Å². The summed E-state index contributed by atoms with van der Waals surface area (Å²) in [7, 11) is 0. The maximum absolute atomic E-state index is 13.7. The molecule has 2 amide bonds. The van der Waals surface area contributed by atoms with E-state index in [0.29, 0.717) is 25.9 Å². The van der Waals surface area contributed by atoms with Crippen molar-refractivity contribution in [1.82, 2.24) is 20.0 Å². The van der Waals surface area contributed by atoms with Crippen LogP contribution < -0.4 is 0 Å². The van der Waals surface area contributed by atoms with Gasteiger partial charge in [0, 0.05) is 38.2 Å². The number of nitrogens with one attached hydrogen (secondary N) is 1. The molecule has 3 rings (SSSR count). The quantitative estimate of drug-likeness (QED) is 0.585. The Bertz CT molecular complexity index is 1070. The summed E-state index contributed by atoms with van der Waals surface area (Å²) in [6, 6.07) is 5.65. The average molecular weight is 439 g/mol. The molecule has 1 saturated heterocycles. The van der Waals surface area contributed by atoms with Gasteiger partial charge in [-0.25, -0.2) is 0 Å². The van der Waals surface area contributed by atoms with E-state index < -0.39 is 11.5 Å². The van der Waals surface area contributed by atoms with Crippen LogP contribution >= 0.6 is 0 Å². The fourth-order valence-electron chi connectivity index (χ4n) is 4.53. The van der Waals surface area contributed by atoms with Crippen molar-refractivity contribution in [3.05, 3.63) is 54.3 Å². The van der Waals surface area contributed by atoms with Gasteiger partial charge in [0.2, 0.25) is 11.8 Å². The Balaban J connectivity index is 1.86. The number of likely N-dealkylation sites (tertiary alicyclic amines) is 1. The standard InChI is InChI=1S/C24H30N4O4/c1-5-7-16(2)21-13-24(4,28(21)17(3)29)23(32)27(11-6-8-22(30)31)15-18-9-10-19-14-25-26-20(19)12-18/h5,7,9-10,12,14,21H,1,6,8,11,13,15H2,2-4H3,(H,25,26)(H,30,31). The van der Waals surface area contributed by atoms with Crippen molar-refractivity contribution >= 4 is 28.7 Å². The molecule has 0 bridgehead atoms. The van der Waals surface area contributed by atoms with Gasteiger partial charge in [0.05, 0.1) is 17.8 Å². The third kappa shape index (κ3) is 4.59. The summed E-state index contributed by atoms with van der Waals surface area (Å²) < 4.78 is 0. The molecule has 2 heterocycles. The highest BCUT2D eigenvalue weighted by molar-refractivity contribution is 5.93. The molecule has 0 saturated carbocycles. The third-order valence-electron chi connectivity index (χ3n) is 6.13. The SMILES string of the molecule is C=CC=C(C)C1CC(C)(C(=O)N(CCCC(=O)O)Cc2ccc3cn[nH]c3c2)N1C(C)=O. The monoisotopic (exact) mass is 438 g/mol. The Hall–Kier alpha value is -3.42. The zero-order valence-corrected chi connectivity index (χ0v) is 18.8. The fourth-order valence-corrected chi connectivity index (χ4v) is 4.53.